The topological polar surface area (TPSA) is 67.8 Å². The second kappa shape index (κ2) is 7.52. The normalized spacial score (nSPS) is 13.9. The van der Waals surface area contributed by atoms with Crippen molar-refractivity contribution in [2.75, 3.05) is 11.9 Å². The summed E-state index contributed by atoms with van der Waals surface area (Å²) < 4.78 is 35.1. The first-order valence-electron chi connectivity index (χ1n) is 8.96. The van der Waals surface area contributed by atoms with Crippen LogP contribution < -0.4 is 14.8 Å². The number of fused-ring (bicyclic) bond motifs is 1. The van der Waals surface area contributed by atoms with E-state index in [0.29, 0.717) is 17.7 Å². The van der Waals surface area contributed by atoms with Gasteiger partial charge in [-0.1, -0.05) is 42.5 Å². The van der Waals surface area contributed by atoms with Crippen LogP contribution in [0.25, 0.3) is 11.1 Å². The lowest BCUT2D eigenvalue weighted by molar-refractivity contribution is -0.286. The van der Waals surface area contributed by atoms with Crippen LogP contribution in [0.3, 0.4) is 0 Å². The van der Waals surface area contributed by atoms with Gasteiger partial charge in [-0.2, -0.15) is 0 Å². The third-order valence-corrected chi connectivity index (χ3v) is 4.50. The van der Waals surface area contributed by atoms with Crippen molar-refractivity contribution in [2.24, 2.45) is 0 Å². The predicted molar refractivity (Wildman–Crippen MR) is 103 cm³/mol. The molecule has 1 heterocycles. The zero-order valence-electron chi connectivity index (χ0n) is 15.2. The van der Waals surface area contributed by atoms with Crippen LogP contribution in [-0.4, -0.2) is 23.9 Å². The number of benzene rings is 3. The molecule has 0 unspecified atom stereocenters. The number of halogens is 2. The highest BCUT2D eigenvalue weighted by molar-refractivity contribution is 6.08. The van der Waals surface area contributed by atoms with Crippen LogP contribution in [-0.2, 0) is 6.42 Å². The van der Waals surface area contributed by atoms with E-state index in [1.807, 2.05) is 36.4 Å². The highest BCUT2D eigenvalue weighted by atomic mass is 19.3. The Kier molecular flexibility index (Phi) is 4.90. The minimum atomic E-state index is -3.71. The fraction of sp³-hybridized carbons (Fsp3) is 0.136. The van der Waals surface area contributed by atoms with Crippen molar-refractivity contribution < 1.29 is 28.2 Å². The monoisotopic (exact) mass is 397 g/mol. The van der Waals surface area contributed by atoms with Crippen molar-refractivity contribution in [2.45, 2.75) is 12.7 Å². The first kappa shape index (κ1) is 18.9. The van der Waals surface area contributed by atoms with E-state index in [1.165, 1.54) is 18.2 Å². The van der Waals surface area contributed by atoms with Gasteiger partial charge in [0.2, 0.25) is 0 Å². The summed E-state index contributed by atoms with van der Waals surface area (Å²) >= 11 is 0. The number of anilines is 1. The third-order valence-electron chi connectivity index (χ3n) is 4.50. The van der Waals surface area contributed by atoms with Gasteiger partial charge < -0.3 is 19.9 Å². The number of hydrogen-bond acceptors (Lipinski definition) is 4. The maximum atomic E-state index is 13.2. The number of ether oxygens (including phenoxy) is 2. The van der Waals surface area contributed by atoms with Gasteiger partial charge in [-0.15, -0.1) is 8.78 Å². The number of rotatable bonds is 5. The number of aliphatic hydroxyl groups is 1. The van der Waals surface area contributed by atoms with Crippen molar-refractivity contribution in [1.29, 1.82) is 0 Å². The number of carbonyl (C=O) groups is 1. The predicted octanol–water partition coefficient (Wildman–Crippen LogP) is 4.46. The Morgan fingerprint density at radius 2 is 1.69 bits per heavy atom. The van der Waals surface area contributed by atoms with E-state index in [-0.39, 0.29) is 24.0 Å². The van der Waals surface area contributed by atoms with Crippen LogP contribution in [0.2, 0.25) is 0 Å². The average molecular weight is 397 g/mol. The summed E-state index contributed by atoms with van der Waals surface area (Å²) in [5.74, 6) is -0.609. The molecule has 3 aromatic carbocycles. The largest absolute Gasteiger partial charge is 0.586 e. The lowest BCUT2D eigenvalue weighted by Gasteiger charge is -2.11. The Labute approximate surface area is 165 Å². The van der Waals surface area contributed by atoms with Crippen LogP contribution >= 0.6 is 0 Å². The molecule has 0 saturated heterocycles. The number of aliphatic hydroxyl groups excluding tert-OH is 1. The Balaban J connectivity index is 1.57. The molecule has 2 N–H and O–H groups in total. The lowest BCUT2D eigenvalue weighted by Crippen LogP contribution is -2.25. The number of alkyl halides is 2. The zero-order chi connectivity index (χ0) is 20.4. The van der Waals surface area contributed by atoms with E-state index in [1.54, 1.807) is 12.1 Å². The van der Waals surface area contributed by atoms with Gasteiger partial charge >= 0.3 is 6.29 Å². The molecule has 0 atom stereocenters. The number of hydrogen-bond donors (Lipinski definition) is 2. The van der Waals surface area contributed by atoms with Crippen LogP contribution in [0.4, 0.5) is 14.5 Å². The molecule has 0 radical (unpaired) electrons. The molecule has 0 fully saturated rings. The summed E-state index contributed by atoms with van der Waals surface area (Å²) in [6.45, 7) is 0.0693. The van der Waals surface area contributed by atoms with Crippen LogP contribution in [0.5, 0.6) is 11.5 Å². The van der Waals surface area contributed by atoms with Gasteiger partial charge in [0.05, 0.1) is 0 Å². The molecule has 1 amide bonds. The fourth-order valence-corrected chi connectivity index (χ4v) is 3.14. The van der Waals surface area contributed by atoms with Crippen LogP contribution in [0, 0.1) is 0 Å². The van der Waals surface area contributed by atoms with E-state index in [0.717, 1.165) is 16.7 Å². The second-order valence-corrected chi connectivity index (χ2v) is 6.50. The summed E-state index contributed by atoms with van der Waals surface area (Å²) in [5, 5.41) is 11.7. The summed E-state index contributed by atoms with van der Waals surface area (Å²) in [6.07, 6.45) is -3.15. The van der Waals surface area contributed by atoms with Gasteiger partial charge in [0.25, 0.3) is 5.91 Å². The molecule has 1 aliphatic heterocycles. The Hall–Kier alpha value is -3.45. The quantitative estimate of drug-likeness (QED) is 0.667. The standard InChI is InChI=1S/C22H17F2NO4/c23-22(24)28-19-10-9-16(13-20(19)29-22)25-21(27)18-4-2-1-3-17(18)15-7-5-14(6-8-15)11-12-26/h1-10,13,26H,11-12H2,(H,25,27). The van der Waals surface area contributed by atoms with Gasteiger partial charge in [0.15, 0.2) is 11.5 Å². The molecule has 3 aromatic rings. The third kappa shape index (κ3) is 4.05. The van der Waals surface area contributed by atoms with Gasteiger partial charge in [0.1, 0.15) is 0 Å². The van der Waals surface area contributed by atoms with E-state index in [2.05, 4.69) is 14.8 Å². The van der Waals surface area contributed by atoms with Gasteiger partial charge in [-0.3, -0.25) is 4.79 Å². The van der Waals surface area contributed by atoms with E-state index in [9.17, 15) is 13.6 Å². The SMILES string of the molecule is O=C(Nc1ccc2c(c1)OC(F)(F)O2)c1ccccc1-c1ccc(CCO)cc1. The molecular formula is C22H17F2NO4. The molecule has 4 rings (SSSR count). The average Bonchev–Trinajstić information content (AvgIpc) is 3.02. The lowest BCUT2D eigenvalue weighted by atomic mass is 9.97. The minimum Gasteiger partial charge on any atom is -0.396 e. The molecule has 5 nitrogen and oxygen atoms in total. The Morgan fingerprint density at radius 3 is 2.45 bits per heavy atom. The van der Waals surface area contributed by atoms with Gasteiger partial charge in [-0.25, -0.2) is 0 Å². The number of nitrogens with one attached hydrogen (secondary N) is 1. The Morgan fingerprint density at radius 1 is 0.966 bits per heavy atom. The van der Waals surface area contributed by atoms with Crippen molar-refractivity contribution in [3.63, 3.8) is 0 Å². The van der Waals surface area contributed by atoms with E-state index < -0.39 is 6.29 Å². The number of amides is 1. The van der Waals surface area contributed by atoms with Crippen molar-refractivity contribution in [3.8, 4) is 22.6 Å². The summed E-state index contributed by atoms with van der Waals surface area (Å²) in [6, 6.07) is 18.8. The highest BCUT2D eigenvalue weighted by Gasteiger charge is 2.43. The maximum absolute atomic E-state index is 13.2. The van der Waals surface area contributed by atoms with Gasteiger partial charge in [0, 0.05) is 23.9 Å². The van der Waals surface area contributed by atoms with Crippen molar-refractivity contribution >= 4 is 11.6 Å². The van der Waals surface area contributed by atoms with Crippen LogP contribution in [0.1, 0.15) is 15.9 Å². The first-order valence-corrected chi connectivity index (χ1v) is 8.96. The molecule has 29 heavy (non-hydrogen) atoms. The smallest absolute Gasteiger partial charge is 0.396 e. The molecule has 0 spiro atoms. The van der Waals surface area contributed by atoms with Gasteiger partial charge in [-0.05, 0) is 41.3 Å². The van der Waals surface area contributed by atoms with Crippen molar-refractivity contribution in [3.05, 3.63) is 77.9 Å². The Bertz CT molecular complexity index is 1050. The number of carbonyl (C=O) groups excluding carboxylic acids is 1. The fourth-order valence-electron chi connectivity index (χ4n) is 3.14. The minimum absolute atomic E-state index is 0.0693. The molecular weight excluding hydrogens is 380 g/mol. The summed E-state index contributed by atoms with van der Waals surface area (Å²) in [7, 11) is 0. The summed E-state index contributed by atoms with van der Waals surface area (Å²) in [4.78, 5) is 12.8. The van der Waals surface area contributed by atoms with E-state index in [4.69, 9.17) is 5.11 Å². The molecule has 0 aromatic heterocycles. The van der Waals surface area contributed by atoms with Crippen LogP contribution in [0.15, 0.2) is 66.7 Å². The highest BCUT2D eigenvalue weighted by Crippen LogP contribution is 2.42. The second-order valence-electron chi connectivity index (χ2n) is 6.50. The zero-order valence-corrected chi connectivity index (χ0v) is 15.2. The van der Waals surface area contributed by atoms with Crippen molar-refractivity contribution in [1.82, 2.24) is 0 Å². The molecule has 0 bridgehead atoms. The molecule has 148 valence electrons. The molecule has 0 saturated carbocycles. The first-order chi connectivity index (χ1) is 13.9. The molecule has 7 heteroatoms. The van der Waals surface area contributed by atoms with E-state index >= 15 is 0 Å². The summed E-state index contributed by atoms with van der Waals surface area (Å²) in [5.41, 5.74) is 3.32. The maximum Gasteiger partial charge on any atom is 0.586 e. The molecule has 0 aliphatic carbocycles. The molecule has 1 aliphatic rings.